The van der Waals surface area contributed by atoms with Crippen molar-refractivity contribution in [2.24, 2.45) is 4.99 Å². The molecule has 4 aromatic rings. The van der Waals surface area contributed by atoms with Gasteiger partial charge >= 0.3 is 0 Å². The van der Waals surface area contributed by atoms with Crippen molar-refractivity contribution in [1.82, 2.24) is 5.32 Å². The van der Waals surface area contributed by atoms with E-state index in [9.17, 15) is 0 Å². The highest BCUT2D eigenvalue weighted by Gasteiger charge is 2.17. The highest BCUT2D eigenvalue weighted by molar-refractivity contribution is 6.06. The molecule has 0 spiro atoms. The van der Waals surface area contributed by atoms with Crippen molar-refractivity contribution in [2.45, 2.75) is 0 Å². The normalized spacial score (nSPS) is 13.4. The van der Waals surface area contributed by atoms with Gasteiger partial charge in [-0.15, -0.1) is 0 Å². The SMILES string of the molecule is COc1ccc(-c2cccc3oc(-c4ccccc4C4=NCCN4)cc23)cc1. The van der Waals surface area contributed by atoms with Gasteiger partial charge in [0.25, 0.3) is 0 Å². The molecule has 0 unspecified atom stereocenters. The average molecular weight is 368 g/mol. The van der Waals surface area contributed by atoms with E-state index in [2.05, 4.69) is 46.7 Å². The van der Waals surface area contributed by atoms with Gasteiger partial charge in [0.2, 0.25) is 0 Å². The molecule has 1 aromatic heterocycles. The van der Waals surface area contributed by atoms with E-state index in [1.165, 1.54) is 0 Å². The second-order valence-corrected chi connectivity index (χ2v) is 6.76. The molecule has 0 saturated carbocycles. The topological polar surface area (TPSA) is 46.8 Å². The second-order valence-electron chi connectivity index (χ2n) is 6.76. The van der Waals surface area contributed by atoms with Gasteiger partial charge in [0.1, 0.15) is 22.9 Å². The standard InChI is InChI=1S/C24H20N2O2/c1-27-17-11-9-16(10-12-17)18-7-4-8-22-21(18)15-23(28-22)19-5-2-3-6-20(19)24-25-13-14-26-24/h2-12,15H,13-14H2,1H3,(H,25,26). The van der Waals surface area contributed by atoms with E-state index in [-0.39, 0.29) is 0 Å². The molecule has 0 amide bonds. The van der Waals surface area contributed by atoms with Crippen molar-refractivity contribution in [3.05, 3.63) is 78.4 Å². The lowest BCUT2D eigenvalue weighted by Gasteiger charge is -2.07. The molecule has 0 saturated heterocycles. The van der Waals surface area contributed by atoms with E-state index < -0.39 is 0 Å². The van der Waals surface area contributed by atoms with E-state index in [1.807, 2.05) is 36.4 Å². The van der Waals surface area contributed by atoms with E-state index in [1.54, 1.807) is 7.11 Å². The van der Waals surface area contributed by atoms with Crippen molar-refractivity contribution < 1.29 is 9.15 Å². The van der Waals surface area contributed by atoms with Gasteiger partial charge in [0, 0.05) is 23.1 Å². The molecule has 2 heterocycles. The fourth-order valence-corrected chi connectivity index (χ4v) is 3.70. The minimum absolute atomic E-state index is 0.811. The molecule has 0 aliphatic carbocycles. The summed E-state index contributed by atoms with van der Waals surface area (Å²) in [6.45, 7) is 1.69. The maximum atomic E-state index is 6.25. The van der Waals surface area contributed by atoms with Crippen LogP contribution in [0.3, 0.4) is 0 Å². The molecule has 1 aliphatic rings. The van der Waals surface area contributed by atoms with Gasteiger partial charge in [-0.2, -0.15) is 0 Å². The number of benzene rings is 3. The van der Waals surface area contributed by atoms with Crippen LogP contribution in [0.4, 0.5) is 0 Å². The Morgan fingerprint density at radius 2 is 1.68 bits per heavy atom. The summed E-state index contributed by atoms with van der Waals surface area (Å²) in [6.07, 6.45) is 0. The molecule has 3 aromatic carbocycles. The summed E-state index contributed by atoms with van der Waals surface area (Å²) in [6, 6.07) is 24.6. The molecular formula is C24H20N2O2. The molecule has 5 rings (SSSR count). The van der Waals surface area contributed by atoms with E-state index in [0.717, 1.165) is 63.7 Å². The summed E-state index contributed by atoms with van der Waals surface area (Å²) in [5.74, 6) is 2.64. The van der Waals surface area contributed by atoms with Crippen LogP contribution in [-0.2, 0) is 0 Å². The lowest BCUT2D eigenvalue weighted by molar-refractivity contribution is 0.415. The number of hydrogen-bond donors (Lipinski definition) is 1. The van der Waals surface area contributed by atoms with Crippen molar-refractivity contribution in [2.75, 3.05) is 20.2 Å². The largest absolute Gasteiger partial charge is 0.497 e. The quantitative estimate of drug-likeness (QED) is 0.543. The van der Waals surface area contributed by atoms with Crippen molar-refractivity contribution >= 4 is 16.8 Å². The van der Waals surface area contributed by atoms with Crippen LogP contribution in [0.15, 0.2) is 82.2 Å². The summed E-state index contributed by atoms with van der Waals surface area (Å²) in [5, 5.41) is 4.46. The van der Waals surface area contributed by atoms with Crippen LogP contribution in [0.2, 0.25) is 0 Å². The molecule has 1 aliphatic heterocycles. The van der Waals surface area contributed by atoms with Crippen LogP contribution in [0.1, 0.15) is 5.56 Å². The first kappa shape index (κ1) is 16.6. The van der Waals surface area contributed by atoms with Gasteiger partial charge in [0.15, 0.2) is 0 Å². The Bertz CT molecular complexity index is 1170. The predicted molar refractivity (Wildman–Crippen MR) is 113 cm³/mol. The van der Waals surface area contributed by atoms with Gasteiger partial charge in [-0.1, -0.05) is 48.5 Å². The Labute approximate surface area is 163 Å². The monoisotopic (exact) mass is 368 g/mol. The average Bonchev–Trinajstić information content (AvgIpc) is 3.43. The van der Waals surface area contributed by atoms with Crippen molar-refractivity contribution in [1.29, 1.82) is 0 Å². The van der Waals surface area contributed by atoms with Gasteiger partial charge in [-0.25, -0.2) is 0 Å². The number of ether oxygens (including phenoxy) is 1. The molecule has 28 heavy (non-hydrogen) atoms. The number of aliphatic imine (C=N–C) groups is 1. The zero-order valence-corrected chi connectivity index (χ0v) is 15.6. The summed E-state index contributed by atoms with van der Waals surface area (Å²) in [4.78, 5) is 4.58. The van der Waals surface area contributed by atoms with Crippen molar-refractivity contribution in [3.63, 3.8) is 0 Å². The predicted octanol–water partition coefficient (Wildman–Crippen LogP) is 5.13. The van der Waals surface area contributed by atoms with Crippen LogP contribution in [0.25, 0.3) is 33.4 Å². The third kappa shape index (κ3) is 2.83. The molecule has 138 valence electrons. The van der Waals surface area contributed by atoms with E-state index in [0.29, 0.717) is 0 Å². The first-order valence-corrected chi connectivity index (χ1v) is 9.38. The van der Waals surface area contributed by atoms with Gasteiger partial charge in [-0.05, 0) is 35.4 Å². The number of fused-ring (bicyclic) bond motifs is 1. The molecule has 1 N–H and O–H groups in total. The summed E-state index contributed by atoms with van der Waals surface area (Å²) in [5.41, 5.74) is 5.27. The minimum Gasteiger partial charge on any atom is -0.497 e. The Morgan fingerprint density at radius 1 is 0.893 bits per heavy atom. The Kier molecular flexibility index (Phi) is 4.09. The molecule has 4 heteroatoms. The number of nitrogens with one attached hydrogen (secondary N) is 1. The van der Waals surface area contributed by atoms with Crippen molar-refractivity contribution in [3.8, 4) is 28.2 Å². The van der Waals surface area contributed by atoms with Gasteiger partial charge in [0.05, 0.1) is 13.7 Å². The number of hydrogen-bond acceptors (Lipinski definition) is 4. The fraction of sp³-hybridized carbons (Fsp3) is 0.125. The van der Waals surface area contributed by atoms with Crippen LogP contribution in [-0.4, -0.2) is 26.0 Å². The molecule has 0 bridgehead atoms. The molecular weight excluding hydrogens is 348 g/mol. The second kappa shape index (κ2) is 6.89. The maximum Gasteiger partial charge on any atom is 0.136 e. The third-order valence-electron chi connectivity index (χ3n) is 5.08. The maximum absolute atomic E-state index is 6.25. The number of furan rings is 1. The van der Waals surface area contributed by atoms with Gasteiger partial charge in [-0.3, -0.25) is 4.99 Å². The van der Waals surface area contributed by atoms with Gasteiger partial charge < -0.3 is 14.5 Å². The fourth-order valence-electron chi connectivity index (χ4n) is 3.70. The molecule has 0 radical (unpaired) electrons. The highest BCUT2D eigenvalue weighted by Crippen LogP contribution is 2.36. The number of nitrogens with zero attached hydrogens (tertiary/aromatic N) is 1. The summed E-state index contributed by atoms with van der Waals surface area (Å²) in [7, 11) is 1.68. The first-order valence-electron chi connectivity index (χ1n) is 9.38. The minimum atomic E-state index is 0.811. The number of amidine groups is 1. The van der Waals surface area contributed by atoms with Crippen LogP contribution >= 0.6 is 0 Å². The molecule has 4 nitrogen and oxygen atoms in total. The van der Waals surface area contributed by atoms with Crippen LogP contribution < -0.4 is 10.1 Å². The Balaban J connectivity index is 1.64. The third-order valence-corrected chi connectivity index (χ3v) is 5.08. The lowest BCUT2D eigenvalue weighted by Crippen LogP contribution is -2.20. The summed E-state index contributed by atoms with van der Waals surface area (Å²) >= 11 is 0. The molecule has 0 atom stereocenters. The zero-order valence-electron chi connectivity index (χ0n) is 15.6. The van der Waals surface area contributed by atoms with Crippen LogP contribution in [0.5, 0.6) is 5.75 Å². The number of methoxy groups -OCH3 is 1. The Morgan fingerprint density at radius 3 is 2.43 bits per heavy atom. The lowest BCUT2D eigenvalue weighted by atomic mass is 10.00. The molecule has 0 fully saturated rings. The smallest absolute Gasteiger partial charge is 0.136 e. The Hall–Kier alpha value is -3.53. The van der Waals surface area contributed by atoms with E-state index >= 15 is 0 Å². The zero-order chi connectivity index (χ0) is 18.9. The number of rotatable bonds is 4. The first-order chi connectivity index (χ1) is 13.8. The van der Waals surface area contributed by atoms with E-state index in [4.69, 9.17) is 9.15 Å². The van der Waals surface area contributed by atoms with Crippen LogP contribution in [0, 0.1) is 0 Å². The highest BCUT2D eigenvalue weighted by atomic mass is 16.5. The summed E-state index contributed by atoms with van der Waals surface area (Å²) < 4.78 is 11.5.